The Morgan fingerprint density at radius 2 is 1.39 bits per heavy atom. The van der Waals surface area contributed by atoms with Gasteiger partial charge in [0.1, 0.15) is 0 Å². The van der Waals surface area contributed by atoms with E-state index < -0.39 is 53.6 Å². The fourth-order valence-electron chi connectivity index (χ4n) is 1.71. The van der Waals surface area contributed by atoms with E-state index in [0.717, 1.165) is 0 Å². The molecule has 0 unspecified atom stereocenters. The lowest BCUT2D eigenvalue weighted by Crippen LogP contribution is -2.14. The third-order valence-corrected chi connectivity index (χ3v) is 2.77. The van der Waals surface area contributed by atoms with Gasteiger partial charge in [-0.1, -0.05) is 0 Å². The number of alkyl halides is 6. The topological polar surface area (TPSA) is 43.4 Å². The lowest BCUT2D eigenvalue weighted by molar-refractivity contribution is -0.144. The molecule has 0 radical (unpaired) electrons. The first-order valence-electron chi connectivity index (χ1n) is 6.43. The SMILES string of the molecule is CCOC(=O)CCC(=O)c1cc(C(F)(F)F)cc(C(F)(F)F)c1. The quantitative estimate of drug-likeness (QED) is 0.456. The average Bonchev–Trinajstić information content (AvgIpc) is 2.42. The van der Waals surface area contributed by atoms with Gasteiger partial charge in [0.2, 0.25) is 0 Å². The zero-order chi connectivity index (χ0) is 17.8. The number of Topliss-reactive ketones (excluding diaryl/α,β-unsaturated/α-hetero) is 1. The molecule has 1 aromatic carbocycles. The summed E-state index contributed by atoms with van der Waals surface area (Å²) in [6.45, 7) is 1.57. The molecule has 0 atom stereocenters. The predicted octanol–water partition coefficient (Wildman–Crippen LogP) is 4.25. The van der Waals surface area contributed by atoms with Gasteiger partial charge in [-0.05, 0) is 25.1 Å². The van der Waals surface area contributed by atoms with Crippen molar-refractivity contribution in [2.45, 2.75) is 32.1 Å². The zero-order valence-electron chi connectivity index (χ0n) is 11.8. The number of ketones is 1. The molecule has 0 aliphatic rings. The zero-order valence-corrected chi connectivity index (χ0v) is 11.8. The summed E-state index contributed by atoms with van der Waals surface area (Å²) in [4.78, 5) is 22.9. The molecule has 0 fully saturated rings. The number of esters is 1. The molecule has 0 saturated carbocycles. The van der Waals surface area contributed by atoms with E-state index in [1.54, 1.807) is 0 Å². The molecular formula is C14H12F6O3. The Labute approximate surface area is 127 Å². The first kappa shape index (κ1) is 19.0. The minimum Gasteiger partial charge on any atom is -0.466 e. The van der Waals surface area contributed by atoms with Crippen molar-refractivity contribution in [3.8, 4) is 0 Å². The summed E-state index contributed by atoms with van der Waals surface area (Å²) in [5.41, 5.74) is -3.91. The van der Waals surface area contributed by atoms with Crippen LogP contribution in [0.2, 0.25) is 0 Å². The molecule has 0 amide bonds. The first-order valence-corrected chi connectivity index (χ1v) is 6.43. The Morgan fingerprint density at radius 3 is 1.78 bits per heavy atom. The minimum absolute atomic E-state index is 0.0504. The van der Waals surface area contributed by atoms with Crippen molar-refractivity contribution in [3.63, 3.8) is 0 Å². The predicted molar refractivity (Wildman–Crippen MR) is 66.6 cm³/mol. The van der Waals surface area contributed by atoms with Crippen LogP contribution in [0.3, 0.4) is 0 Å². The average molecular weight is 342 g/mol. The van der Waals surface area contributed by atoms with Crippen LogP contribution in [-0.2, 0) is 21.9 Å². The molecule has 3 nitrogen and oxygen atoms in total. The molecule has 23 heavy (non-hydrogen) atoms. The van der Waals surface area contributed by atoms with Crippen LogP contribution in [0, 0.1) is 0 Å². The molecular weight excluding hydrogens is 330 g/mol. The van der Waals surface area contributed by atoms with E-state index >= 15 is 0 Å². The molecule has 1 rings (SSSR count). The Morgan fingerprint density at radius 1 is 0.913 bits per heavy atom. The summed E-state index contributed by atoms with van der Waals surface area (Å²) in [7, 11) is 0. The lowest BCUT2D eigenvalue weighted by Gasteiger charge is -2.13. The molecule has 0 N–H and O–H groups in total. The third kappa shape index (κ3) is 5.57. The second-order valence-electron chi connectivity index (χ2n) is 4.52. The third-order valence-electron chi connectivity index (χ3n) is 2.77. The Bertz CT molecular complexity index is 557. The van der Waals surface area contributed by atoms with Crippen molar-refractivity contribution in [3.05, 3.63) is 34.9 Å². The fraction of sp³-hybridized carbons (Fsp3) is 0.429. The summed E-state index contributed by atoms with van der Waals surface area (Å²) in [6, 6.07) is 0.605. The number of rotatable bonds is 5. The molecule has 0 saturated heterocycles. The number of hydrogen-bond acceptors (Lipinski definition) is 3. The van der Waals surface area contributed by atoms with Gasteiger partial charge >= 0.3 is 18.3 Å². The largest absolute Gasteiger partial charge is 0.466 e. The first-order chi connectivity index (χ1) is 10.4. The Balaban J connectivity index is 3.10. The van der Waals surface area contributed by atoms with E-state index in [0.29, 0.717) is 12.1 Å². The van der Waals surface area contributed by atoms with Crippen molar-refractivity contribution in [1.82, 2.24) is 0 Å². The Hall–Kier alpha value is -2.06. The van der Waals surface area contributed by atoms with Gasteiger partial charge in [-0.2, -0.15) is 26.3 Å². The van der Waals surface area contributed by atoms with E-state index in [4.69, 9.17) is 0 Å². The van der Waals surface area contributed by atoms with Crippen LogP contribution in [-0.4, -0.2) is 18.4 Å². The summed E-state index contributed by atoms with van der Waals surface area (Å²) in [5.74, 6) is -1.77. The van der Waals surface area contributed by atoms with Crippen molar-refractivity contribution in [2.75, 3.05) is 6.61 Å². The molecule has 0 aromatic heterocycles. The number of halogens is 6. The van der Waals surface area contributed by atoms with Gasteiger partial charge < -0.3 is 4.74 Å². The van der Waals surface area contributed by atoms with Gasteiger partial charge in [0.15, 0.2) is 5.78 Å². The summed E-state index contributed by atoms with van der Waals surface area (Å²) in [5, 5.41) is 0. The smallest absolute Gasteiger partial charge is 0.416 e. The van der Waals surface area contributed by atoms with E-state index in [-0.39, 0.29) is 12.7 Å². The maximum absolute atomic E-state index is 12.7. The van der Waals surface area contributed by atoms with Crippen molar-refractivity contribution < 1.29 is 40.7 Å². The standard InChI is InChI=1S/C14H12F6O3/c1-2-23-12(22)4-3-11(21)8-5-9(13(15,16)17)7-10(6-8)14(18,19)20/h5-7H,2-4H2,1H3. The van der Waals surface area contributed by atoms with Gasteiger partial charge in [-0.15, -0.1) is 0 Å². The monoisotopic (exact) mass is 342 g/mol. The van der Waals surface area contributed by atoms with Crippen LogP contribution in [0.4, 0.5) is 26.3 Å². The lowest BCUT2D eigenvalue weighted by atomic mass is 10.00. The fourth-order valence-corrected chi connectivity index (χ4v) is 1.71. The summed E-state index contributed by atoms with van der Waals surface area (Å²) >= 11 is 0. The Kier molecular flexibility index (Phi) is 5.79. The van der Waals surface area contributed by atoms with Crippen molar-refractivity contribution in [2.24, 2.45) is 0 Å². The van der Waals surface area contributed by atoms with Crippen LogP contribution in [0.5, 0.6) is 0 Å². The van der Waals surface area contributed by atoms with E-state index in [1.165, 1.54) is 6.92 Å². The molecule has 0 bridgehead atoms. The number of ether oxygens (including phenoxy) is 1. The van der Waals surface area contributed by atoms with Crippen molar-refractivity contribution in [1.29, 1.82) is 0 Å². The highest BCUT2D eigenvalue weighted by Crippen LogP contribution is 2.36. The summed E-state index contributed by atoms with van der Waals surface area (Å²) in [6.07, 6.45) is -11.0. The second-order valence-corrected chi connectivity index (χ2v) is 4.52. The van der Waals surface area contributed by atoms with Gasteiger partial charge in [-0.3, -0.25) is 9.59 Å². The van der Waals surface area contributed by atoms with Crippen molar-refractivity contribution >= 4 is 11.8 Å². The maximum atomic E-state index is 12.7. The molecule has 0 spiro atoms. The normalized spacial score (nSPS) is 12.1. The van der Waals surface area contributed by atoms with Crippen LogP contribution >= 0.6 is 0 Å². The van der Waals surface area contributed by atoms with Crippen LogP contribution < -0.4 is 0 Å². The van der Waals surface area contributed by atoms with E-state index in [1.807, 2.05) is 0 Å². The number of carbonyl (C=O) groups is 2. The maximum Gasteiger partial charge on any atom is 0.416 e. The number of benzene rings is 1. The molecule has 0 aliphatic heterocycles. The van der Waals surface area contributed by atoms with Crippen LogP contribution in [0.25, 0.3) is 0 Å². The highest BCUT2D eigenvalue weighted by Gasteiger charge is 2.37. The highest BCUT2D eigenvalue weighted by atomic mass is 19.4. The molecule has 1 aromatic rings. The van der Waals surface area contributed by atoms with E-state index in [9.17, 15) is 35.9 Å². The summed E-state index contributed by atoms with van der Waals surface area (Å²) < 4.78 is 80.5. The molecule has 0 heterocycles. The highest BCUT2D eigenvalue weighted by molar-refractivity contribution is 5.98. The molecule has 0 aliphatic carbocycles. The number of carbonyl (C=O) groups excluding carboxylic acids is 2. The van der Waals surface area contributed by atoms with Crippen LogP contribution in [0.1, 0.15) is 41.3 Å². The van der Waals surface area contributed by atoms with Gasteiger partial charge in [0, 0.05) is 12.0 Å². The second kappa shape index (κ2) is 7.01. The molecule has 9 heteroatoms. The van der Waals surface area contributed by atoms with Gasteiger partial charge in [0.05, 0.1) is 24.2 Å². The van der Waals surface area contributed by atoms with Gasteiger partial charge in [0.25, 0.3) is 0 Å². The van der Waals surface area contributed by atoms with Crippen LogP contribution in [0.15, 0.2) is 18.2 Å². The number of hydrogen-bond donors (Lipinski definition) is 0. The van der Waals surface area contributed by atoms with Gasteiger partial charge in [-0.25, -0.2) is 0 Å². The van der Waals surface area contributed by atoms with E-state index in [2.05, 4.69) is 4.74 Å². The minimum atomic E-state index is -5.03. The molecule has 128 valence electrons.